The number of fused-ring (bicyclic) bond motifs is 1. The van der Waals surface area contributed by atoms with Gasteiger partial charge in [0.15, 0.2) is 0 Å². The molecule has 0 spiro atoms. The first-order valence-electron chi connectivity index (χ1n) is 10.8. The van der Waals surface area contributed by atoms with Crippen molar-refractivity contribution in [2.24, 2.45) is 0 Å². The second kappa shape index (κ2) is 10.7. The number of H-pyrrole nitrogens is 1. The summed E-state index contributed by atoms with van der Waals surface area (Å²) in [6.07, 6.45) is 5.90. The SMILES string of the molecule is N#CCC(c1cncc(-c2ccccc2)c1)n1cc(-c2ncnc3[nH]ccc23)cn1.O=C(O)C(F)(F)F. The molecule has 0 aliphatic rings. The van der Waals surface area contributed by atoms with Crippen LogP contribution in [0.3, 0.4) is 0 Å². The topological polar surface area (TPSA) is 133 Å². The fraction of sp³-hybridized carbons (Fsp3) is 0.120. The number of nitrogens with zero attached hydrogens (tertiary/aromatic N) is 6. The smallest absolute Gasteiger partial charge is 0.475 e. The Kier molecular flexibility index (Phi) is 7.24. The van der Waals surface area contributed by atoms with Crippen LogP contribution >= 0.6 is 0 Å². The number of pyridine rings is 1. The molecule has 0 aliphatic heterocycles. The Morgan fingerprint density at radius 1 is 1.08 bits per heavy atom. The fourth-order valence-corrected chi connectivity index (χ4v) is 3.61. The summed E-state index contributed by atoms with van der Waals surface area (Å²) in [4.78, 5) is 25.1. The lowest BCUT2D eigenvalue weighted by Crippen LogP contribution is -2.21. The van der Waals surface area contributed by atoms with E-state index in [0.717, 1.165) is 39.0 Å². The Bertz CT molecular complexity index is 1560. The lowest BCUT2D eigenvalue weighted by molar-refractivity contribution is -0.192. The van der Waals surface area contributed by atoms with Crippen LogP contribution in [-0.4, -0.2) is 47.0 Å². The van der Waals surface area contributed by atoms with E-state index in [9.17, 15) is 18.4 Å². The average Bonchev–Trinajstić information content (AvgIpc) is 3.58. The van der Waals surface area contributed by atoms with E-state index in [1.54, 1.807) is 12.4 Å². The molecule has 0 radical (unpaired) electrons. The van der Waals surface area contributed by atoms with E-state index in [0.29, 0.717) is 0 Å². The van der Waals surface area contributed by atoms with Gasteiger partial charge in [0, 0.05) is 41.3 Å². The van der Waals surface area contributed by atoms with E-state index in [1.165, 1.54) is 6.33 Å². The predicted octanol–water partition coefficient (Wildman–Crippen LogP) is 5.02. The minimum absolute atomic E-state index is 0.247. The van der Waals surface area contributed by atoms with Gasteiger partial charge in [-0.25, -0.2) is 14.8 Å². The molecule has 0 fully saturated rings. The number of carboxylic acid groups (broad SMARTS) is 1. The molecule has 5 rings (SSSR count). The molecule has 1 aromatic carbocycles. The Labute approximate surface area is 207 Å². The molecule has 9 nitrogen and oxygen atoms in total. The van der Waals surface area contributed by atoms with Crippen LogP contribution in [0.5, 0.6) is 0 Å². The van der Waals surface area contributed by atoms with Gasteiger partial charge < -0.3 is 10.1 Å². The Balaban J connectivity index is 0.000000405. The lowest BCUT2D eigenvalue weighted by Gasteiger charge is -2.15. The summed E-state index contributed by atoms with van der Waals surface area (Å²) in [5.41, 5.74) is 5.48. The third kappa shape index (κ3) is 5.79. The normalized spacial score (nSPS) is 11.8. The first-order chi connectivity index (χ1) is 17.8. The Morgan fingerprint density at radius 2 is 1.84 bits per heavy atom. The van der Waals surface area contributed by atoms with Crippen LogP contribution in [0.4, 0.5) is 13.2 Å². The van der Waals surface area contributed by atoms with Gasteiger partial charge in [0.1, 0.15) is 12.0 Å². The first kappa shape index (κ1) is 25.1. The molecule has 12 heteroatoms. The van der Waals surface area contributed by atoms with Gasteiger partial charge in [-0.05, 0) is 23.3 Å². The number of aromatic amines is 1. The molecule has 1 unspecified atom stereocenters. The zero-order valence-corrected chi connectivity index (χ0v) is 19.0. The maximum atomic E-state index is 10.6. The second-order valence-electron chi connectivity index (χ2n) is 7.73. The number of rotatable bonds is 5. The zero-order chi connectivity index (χ0) is 26.4. The Hall–Kier alpha value is -5.05. The maximum Gasteiger partial charge on any atom is 0.490 e. The summed E-state index contributed by atoms with van der Waals surface area (Å²) >= 11 is 0. The highest BCUT2D eigenvalue weighted by atomic mass is 19.4. The molecular weight excluding hydrogens is 487 g/mol. The van der Waals surface area contributed by atoms with Crippen molar-refractivity contribution in [1.82, 2.24) is 29.7 Å². The predicted molar refractivity (Wildman–Crippen MR) is 127 cm³/mol. The number of aliphatic carboxylic acids is 1. The van der Waals surface area contributed by atoms with Crippen LogP contribution in [0.1, 0.15) is 18.0 Å². The molecule has 5 aromatic rings. The van der Waals surface area contributed by atoms with Crippen LogP contribution < -0.4 is 0 Å². The highest BCUT2D eigenvalue weighted by Gasteiger charge is 2.38. The number of alkyl halides is 3. The molecule has 0 amide bonds. The molecule has 186 valence electrons. The number of nitriles is 1. The Morgan fingerprint density at radius 3 is 2.54 bits per heavy atom. The molecule has 37 heavy (non-hydrogen) atoms. The van der Waals surface area contributed by atoms with Gasteiger partial charge in [-0.15, -0.1) is 0 Å². The lowest BCUT2D eigenvalue weighted by atomic mass is 10.0. The fourth-order valence-electron chi connectivity index (χ4n) is 3.61. The molecular formula is C25H18F3N7O2. The maximum absolute atomic E-state index is 10.6. The summed E-state index contributed by atoms with van der Waals surface area (Å²) in [5.74, 6) is -2.76. The highest BCUT2D eigenvalue weighted by Crippen LogP contribution is 2.29. The summed E-state index contributed by atoms with van der Waals surface area (Å²) in [6, 6.07) is 16.1. The van der Waals surface area contributed by atoms with E-state index in [1.807, 2.05) is 59.7 Å². The van der Waals surface area contributed by atoms with Gasteiger partial charge in [0.2, 0.25) is 0 Å². The van der Waals surface area contributed by atoms with E-state index < -0.39 is 12.1 Å². The van der Waals surface area contributed by atoms with E-state index in [4.69, 9.17) is 9.90 Å². The number of carbonyl (C=O) groups is 1. The van der Waals surface area contributed by atoms with Gasteiger partial charge in [-0.3, -0.25) is 9.67 Å². The van der Waals surface area contributed by atoms with Crippen molar-refractivity contribution in [2.75, 3.05) is 0 Å². The van der Waals surface area contributed by atoms with Gasteiger partial charge in [-0.2, -0.15) is 23.5 Å². The molecule has 0 saturated heterocycles. The summed E-state index contributed by atoms with van der Waals surface area (Å²) in [7, 11) is 0. The quantitative estimate of drug-likeness (QED) is 0.343. The van der Waals surface area contributed by atoms with Crippen LogP contribution in [-0.2, 0) is 4.79 Å². The van der Waals surface area contributed by atoms with Crippen molar-refractivity contribution < 1.29 is 23.1 Å². The molecule has 4 heterocycles. The largest absolute Gasteiger partial charge is 0.490 e. The molecule has 2 N–H and O–H groups in total. The standard InChI is InChI=1S/C23H17N7.C2HF3O2/c24-8-6-21(18-10-17(11-25-12-18)16-4-2-1-3-5-16)30-14-19(13-29-30)22-20-7-9-26-23(20)28-15-27-22;3-2(4,5)1(6)7/h1-5,7,9-15,21H,6H2,(H,26,27,28);(H,6,7). The number of nitrogens with one attached hydrogen (secondary N) is 1. The number of hydrogen-bond acceptors (Lipinski definition) is 6. The number of carboxylic acids is 1. The van der Waals surface area contributed by atoms with Crippen molar-refractivity contribution in [3.63, 3.8) is 0 Å². The van der Waals surface area contributed by atoms with Gasteiger partial charge >= 0.3 is 12.1 Å². The molecule has 0 bridgehead atoms. The number of halogens is 3. The van der Waals surface area contributed by atoms with Crippen LogP contribution in [0.25, 0.3) is 33.4 Å². The minimum Gasteiger partial charge on any atom is -0.475 e. The third-order valence-electron chi connectivity index (χ3n) is 5.33. The molecule has 0 aliphatic carbocycles. The first-order valence-corrected chi connectivity index (χ1v) is 10.8. The third-order valence-corrected chi connectivity index (χ3v) is 5.33. The summed E-state index contributed by atoms with van der Waals surface area (Å²) in [6.45, 7) is 0. The van der Waals surface area contributed by atoms with Crippen molar-refractivity contribution in [2.45, 2.75) is 18.6 Å². The number of hydrogen-bond donors (Lipinski definition) is 2. The monoisotopic (exact) mass is 505 g/mol. The van der Waals surface area contributed by atoms with E-state index in [-0.39, 0.29) is 12.5 Å². The second-order valence-corrected chi connectivity index (χ2v) is 7.73. The van der Waals surface area contributed by atoms with Gasteiger partial charge in [-0.1, -0.05) is 30.3 Å². The van der Waals surface area contributed by atoms with Gasteiger partial charge in [0.25, 0.3) is 0 Å². The van der Waals surface area contributed by atoms with Gasteiger partial charge in [0.05, 0.1) is 30.4 Å². The van der Waals surface area contributed by atoms with E-state index in [2.05, 4.69) is 37.2 Å². The minimum atomic E-state index is -5.08. The van der Waals surface area contributed by atoms with Crippen molar-refractivity contribution >= 4 is 17.0 Å². The summed E-state index contributed by atoms with van der Waals surface area (Å²) < 4.78 is 33.5. The van der Waals surface area contributed by atoms with Crippen molar-refractivity contribution in [3.8, 4) is 28.5 Å². The number of aromatic nitrogens is 6. The van der Waals surface area contributed by atoms with E-state index >= 15 is 0 Å². The molecule has 0 saturated carbocycles. The molecule has 1 atom stereocenters. The van der Waals surface area contributed by atoms with Crippen LogP contribution in [0, 0.1) is 11.3 Å². The highest BCUT2D eigenvalue weighted by molar-refractivity contribution is 5.90. The number of benzene rings is 1. The average molecular weight is 505 g/mol. The molecule has 4 aromatic heterocycles. The van der Waals surface area contributed by atoms with Crippen LogP contribution in [0.2, 0.25) is 0 Å². The summed E-state index contributed by atoms with van der Waals surface area (Å²) in [5, 5.41) is 22.1. The van der Waals surface area contributed by atoms with Crippen molar-refractivity contribution in [3.05, 3.63) is 85.3 Å². The zero-order valence-electron chi connectivity index (χ0n) is 19.0. The van der Waals surface area contributed by atoms with Crippen LogP contribution in [0.15, 0.2) is 79.8 Å². The van der Waals surface area contributed by atoms with Crippen molar-refractivity contribution in [1.29, 1.82) is 5.26 Å².